The maximum absolute atomic E-state index is 11.8. The van der Waals surface area contributed by atoms with Crippen LogP contribution in [0, 0.1) is 0 Å². The number of aliphatic hydroxyl groups excluding tert-OH is 1. The average molecular weight is 653 g/mol. The molecule has 2 fully saturated rings. The van der Waals surface area contributed by atoms with Crippen LogP contribution in [0.4, 0.5) is 0 Å². The lowest BCUT2D eigenvalue weighted by Crippen LogP contribution is -2.64. The Hall–Kier alpha value is -3.40. The first kappa shape index (κ1) is 34.5. The summed E-state index contributed by atoms with van der Waals surface area (Å²) < 4.78 is 39.7. The second-order valence-corrected chi connectivity index (χ2v) is 12.7. The monoisotopic (exact) mass is 652 g/mol. The summed E-state index contributed by atoms with van der Waals surface area (Å²) in [6.07, 6.45) is 0.891. The van der Waals surface area contributed by atoms with Crippen molar-refractivity contribution >= 4 is 0 Å². The summed E-state index contributed by atoms with van der Waals surface area (Å²) in [4.78, 5) is 0. The van der Waals surface area contributed by atoms with Crippen molar-refractivity contribution in [3.8, 4) is 0 Å². The smallest absolute Gasteiger partial charge is 0.187 e. The van der Waals surface area contributed by atoms with Gasteiger partial charge in [-0.1, -0.05) is 141 Å². The molecule has 1 N–H and O–H groups in total. The number of benzene rings is 4. The minimum Gasteiger partial charge on any atom is -0.388 e. The fraction of sp³-hybridized carbons (Fsp3) is 0.415. The number of ether oxygens (including phenoxy) is 6. The van der Waals surface area contributed by atoms with Crippen LogP contribution in [0.2, 0.25) is 0 Å². The molecule has 1 aliphatic heterocycles. The first-order chi connectivity index (χ1) is 23.7. The second kappa shape index (κ2) is 18.4. The lowest BCUT2D eigenvalue weighted by molar-refractivity contribution is -0.344. The van der Waals surface area contributed by atoms with Gasteiger partial charge >= 0.3 is 0 Å². The maximum atomic E-state index is 11.8. The minimum atomic E-state index is -1.01. The average Bonchev–Trinajstić information content (AvgIpc) is 3.15. The van der Waals surface area contributed by atoms with E-state index in [1.165, 1.54) is 6.42 Å². The van der Waals surface area contributed by atoms with Gasteiger partial charge in [0.05, 0.1) is 39.1 Å². The van der Waals surface area contributed by atoms with Crippen molar-refractivity contribution in [3.63, 3.8) is 0 Å². The molecule has 4 aromatic rings. The third kappa shape index (κ3) is 10.1. The number of rotatable bonds is 16. The van der Waals surface area contributed by atoms with Crippen molar-refractivity contribution in [2.75, 3.05) is 6.61 Å². The van der Waals surface area contributed by atoms with Crippen LogP contribution in [-0.4, -0.2) is 54.6 Å². The van der Waals surface area contributed by atoms with E-state index in [4.69, 9.17) is 28.4 Å². The van der Waals surface area contributed by atoms with Gasteiger partial charge in [-0.3, -0.25) is 0 Å². The number of aliphatic hydroxyl groups is 1. The van der Waals surface area contributed by atoms with E-state index in [2.05, 4.69) is 0 Å². The quantitative estimate of drug-likeness (QED) is 0.135. The Bertz CT molecular complexity index is 1430. The van der Waals surface area contributed by atoms with Gasteiger partial charge in [0.1, 0.15) is 30.5 Å². The molecule has 7 nitrogen and oxygen atoms in total. The normalized spacial score (nSPS) is 23.9. The van der Waals surface area contributed by atoms with Crippen molar-refractivity contribution in [1.82, 2.24) is 0 Å². The summed E-state index contributed by atoms with van der Waals surface area (Å²) >= 11 is 0. The number of hydrogen-bond acceptors (Lipinski definition) is 7. The summed E-state index contributed by atoms with van der Waals surface area (Å²) in [5.41, 5.74) is 4.10. The first-order valence-electron chi connectivity index (χ1n) is 17.3. The van der Waals surface area contributed by atoms with Gasteiger partial charge in [-0.2, -0.15) is 0 Å². The summed E-state index contributed by atoms with van der Waals surface area (Å²) in [5.74, 6) is 0. The molecule has 48 heavy (non-hydrogen) atoms. The van der Waals surface area contributed by atoms with E-state index in [-0.39, 0.29) is 12.7 Å². The Morgan fingerprint density at radius 3 is 1.48 bits per heavy atom. The largest absolute Gasteiger partial charge is 0.388 e. The Labute approximate surface area is 284 Å². The Balaban J connectivity index is 1.29. The van der Waals surface area contributed by atoms with Gasteiger partial charge in [0.25, 0.3) is 0 Å². The second-order valence-electron chi connectivity index (χ2n) is 12.7. The highest BCUT2D eigenvalue weighted by atomic mass is 16.7. The zero-order valence-electron chi connectivity index (χ0n) is 27.6. The van der Waals surface area contributed by atoms with E-state index in [1.54, 1.807) is 0 Å². The van der Waals surface area contributed by atoms with Gasteiger partial charge < -0.3 is 33.5 Å². The lowest BCUT2D eigenvalue weighted by atomic mass is 9.93. The van der Waals surface area contributed by atoms with Gasteiger partial charge in [-0.05, 0) is 35.1 Å². The Kier molecular flexibility index (Phi) is 13.2. The highest BCUT2D eigenvalue weighted by molar-refractivity contribution is 5.16. The lowest BCUT2D eigenvalue weighted by Gasteiger charge is -2.48. The molecular formula is C41H48O7. The summed E-state index contributed by atoms with van der Waals surface area (Å²) in [6.45, 7) is 1.43. The van der Waals surface area contributed by atoms with Crippen molar-refractivity contribution in [2.24, 2.45) is 0 Å². The van der Waals surface area contributed by atoms with Crippen molar-refractivity contribution in [3.05, 3.63) is 144 Å². The van der Waals surface area contributed by atoms with E-state index < -0.39 is 36.8 Å². The van der Waals surface area contributed by atoms with Crippen LogP contribution in [0.5, 0.6) is 0 Å². The highest BCUT2D eigenvalue weighted by Crippen LogP contribution is 2.35. The molecule has 1 aliphatic carbocycles. The molecule has 1 heterocycles. The topological polar surface area (TPSA) is 75.6 Å². The highest BCUT2D eigenvalue weighted by Gasteiger charge is 2.51. The van der Waals surface area contributed by atoms with Crippen LogP contribution >= 0.6 is 0 Å². The van der Waals surface area contributed by atoms with Crippen LogP contribution in [0.25, 0.3) is 0 Å². The summed E-state index contributed by atoms with van der Waals surface area (Å²) in [7, 11) is 0. The molecule has 0 spiro atoms. The molecule has 2 aliphatic rings. The molecule has 0 amide bonds. The van der Waals surface area contributed by atoms with E-state index in [0.717, 1.165) is 47.9 Å². The summed E-state index contributed by atoms with van der Waals surface area (Å²) in [6, 6.07) is 40.1. The molecule has 0 radical (unpaired) electrons. The molecule has 1 saturated heterocycles. The zero-order chi connectivity index (χ0) is 32.8. The van der Waals surface area contributed by atoms with E-state index >= 15 is 0 Å². The van der Waals surface area contributed by atoms with E-state index in [0.29, 0.717) is 26.4 Å². The third-order valence-corrected chi connectivity index (χ3v) is 9.04. The molecular weight excluding hydrogens is 604 g/mol. The van der Waals surface area contributed by atoms with Crippen molar-refractivity contribution < 1.29 is 33.5 Å². The predicted octanol–water partition coefficient (Wildman–Crippen LogP) is 7.39. The maximum Gasteiger partial charge on any atom is 0.187 e. The van der Waals surface area contributed by atoms with Gasteiger partial charge in [0.2, 0.25) is 0 Å². The molecule has 0 aromatic heterocycles. The molecule has 1 saturated carbocycles. The predicted molar refractivity (Wildman–Crippen MR) is 184 cm³/mol. The molecule has 7 heteroatoms. The van der Waals surface area contributed by atoms with Crippen LogP contribution in [0.3, 0.4) is 0 Å². The Morgan fingerprint density at radius 1 is 0.542 bits per heavy atom. The molecule has 0 unspecified atom stereocenters. The van der Waals surface area contributed by atoms with Gasteiger partial charge in [-0.15, -0.1) is 0 Å². The zero-order valence-corrected chi connectivity index (χ0v) is 27.6. The fourth-order valence-corrected chi connectivity index (χ4v) is 6.47. The molecule has 254 valence electrons. The molecule has 0 bridgehead atoms. The SMILES string of the molecule is O[C@@H](COCc1ccccc1)[C@H]1O[C@H](OC2CCCCC2)[C@@H](OCc2ccccc2)[C@@H](OCc2ccccc2)[C@@H]1OCc1ccccc1. The van der Waals surface area contributed by atoms with Crippen LogP contribution < -0.4 is 0 Å². The van der Waals surface area contributed by atoms with Gasteiger partial charge in [0.15, 0.2) is 6.29 Å². The van der Waals surface area contributed by atoms with E-state index in [1.807, 2.05) is 121 Å². The van der Waals surface area contributed by atoms with Crippen LogP contribution in [0.15, 0.2) is 121 Å². The Morgan fingerprint density at radius 2 is 0.979 bits per heavy atom. The standard InChI is InChI=1S/C41H48O7/c42-36(30-43-26-31-16-6-1-7-17-31)37-38(44-27-32-18-8-2-9-19-32)39(45-28-33-20-10-3-11-21-33)40(46-29-34-22-12-4-13-23-34)41(48-37)47-35-24-14-5-15-25-35/h1-4,6-13,16-23,35-42H,5,14-15,24-30H2/t36-,37+,38+,39-,40-,41-/m0/s1. The number of hydrogen-bond donors (Lipinski definition) is 1. The summed E-state index contributed by atoms with van der Waals surface area (Å²) in [5, 5.41) is 11.8. The molecule has 6 rings (SSSR count). The first-order valence-corrected chi connectivity index (χ1v) is 17.3. The molecule has 4 aromatic carbocycles. The van der Waals surface area contributed by atoms with Gasteiger partial charge in [-0.25, -0.2) is 0 Å². The third-order valence-electron chi connectivity index (χ3n) is 9.04. The fourth-order valence-electron chi connectivity index (χ4n) is 6.47. The van der Waals surface area contributed by atoms with Crippen LogP contribution in [0.1, 0.15) is 54.4 Å². The van der Waals surface area contributed by atoms with E-state index in [9.17, 15) is 5.11 Å². The molecule has 6 atom stereocenters. The van der Waals surface area contributed by atoms with Crippen molar-refractivity contribution in [2.45, 2.75) is 101 Å². The van der Waals surface area contributed by atoms with Crippen molar-refractivity contribution in [1.29, 1.82) is 0 Å². The van der Waals surface area contributed by atoms with Gasteiger partial charge in [0, 0.05) is 0 Å². The minimum absolute atomic E-state index is 0.0373. The van der Waals surface area contributed by atoms with Crippen LogP contribution in [-0.2, 0) is 54.8 Å².